The first-order valence-corrected chi connectivity index (χ1v) is 3.84. The normalized spacial score (nSPS) is 33.5. The third kappa shape index (κ3) is 1.55. The molecule has 4 atom stereocenters. The van der Waals surface area contributed by atoms with Crippen molar-refractivity contribution in [3.05, 3.63) is 12.7 Å². The molecule has 5 heteroatoms. The smallest absolute Gasteiger partial charge is 0.320 e. The van der Waals surface area contributed by atoms with E-state index in [0.29, 0.717) is 0 Å². The molecule has 0 heterocycles. The predicted molar refractivity (Wildman–Crippen MR) is 43.9 cm³/mol. The van der Waals surface area contributed by atoms with Gasteiger partial charge in [0, 0.05) is 5.92 Å². The first-order chi connectivity index (χ1) is 6.00. The number of rotatable bonds is 4. The third-order valence-electron chi connectivity index (χ3n) is 2.39. The quantitative estimate of drug-likeness (QED) is 0.514. The van der Waals surface area contributed by atoms with Crippen LogP contribution >= 0.6 is 0 Å². The minimum atomic E-state index is -1.17. The van der Waals surface area contributed by atoms with Crippen molar-refractivity contribution in [2.75, 3.05) is 0 Å². The van der Waals surface area contributed by atoms with Gasteiger partial charge in [-0.25, -0.2) is 0 Å². The SMILES string of the molecule is C=CC1C(C(=O)O)C1[C@H](N)C(=O)O. The van der Waals surface area contributed by atoms with Crippen LogP contribution in [0, 0.1) is 17.8 Å². The number of aliphatic carboxylic acids is 2. The van der Waals surface area contributed by atoms with E-state index in [4.69, 9.17) is 15.9 Å². The van der Waals surface area contributed by atoms with Crippen LogP contribution in [0.25, 0.3) is 0 Å². The molecule has 1 saturated carbocycles. The van der Waals surface area contributed by atoms with Crippen LogP contribution in [0.2, 0.25) is 0 Å². The first-order valence-electron chi connectivity index (χ1n) is 3.84. The minimum Gasteiger partial charge on any atom is -0.481 e. The molecule has 72 valence electrons. The fourth-order valence-electron chi connectivity index (χ4n) is 1.62. The third-order valence-corrected chi connectivity index (χ3v) is 2.39. The summed E-state index contributed by atoms with van der Waals surface area (Å²) in [6, 6.07) is -1.11. The van der Waals surface area contributed by atoms with Crippen molar-refractivity contribution < 1.29 is 19.8 Å². The molecule has 1 fully saturated rings. The van der Waals surface area contributed by atoms with Crippen molar-refractivity contribution in [3.63, 3.8) is 0 Å². The molecule has 0 aromatic carbocycles. The van der Waals surface area contributed by atoms with Crippen molar-refractivity contribution in [1.82, 2.24) is 0 Å². The van der Waals surface area contributed by atoms with E-state index in [1.54, 1.807) is 0 Å². The van der Waals surface area contributed by atoms with E-state index in [1.807, 2.05) is 0 Å². The van der Waals surface area contributed by atoms with Gasteiger partial charge in [-0.3, -0.25) is 9.59 Å². The Labute approximate surface area is 74.8 Å². The lowest BCUT2D eigenvalue weighted by Gasteiger charge is -2.02. The molecule has 3 unspecified atom stereocenters. The standard InChI is InChI=1S/C8H11NO4/c1-2-3-4(5(3)7(10)11)6(9)8(12)13/h2-6H,1,9H2,(H,10,11)(H,12,13)/t3?,4?,5?,6-/m0/s1. The molecule has 0 spiro atoms. The number of carboxylic acids is 2. The molecular formula is C8H11NO4. The maximum atomic E-state index is 10.6. The van der Waals surface area contributed by atoms with Crippen LogP contribution in [0.15, 0.2) is 12.7 Å². The molecule has 0 aromatic rings. The lowest BCUT2D eigenvalue weighted by Crippen LogP contribution is -2.34. The molecule has 4 N–H and O–H groups in total. The summed E-state index contributed by atoms with van der Waals surface area (Å²) in [5.74, 6) is -3.66. The summed E-state index contributed by atoms with van der Waals surface area (Å²) in [6.45, 7) is 3.44. The molecule has 1 rings (SSSR count). The van der Waals surface area contributed by atoms with Gasteiger partial charge < -0.3 is 15.9 Å². The first kappa shape index (κ1) is 9.73. The van der Waals surface area contributed by atoms with Crippen molar-refractivity contribution in [3.8, 4) is 0 Å². The predicted octanol–water partition coefficient (Wildman–Crippen LogP) is -0.469. The Morgan fingerprint density at radius 1 is 1.46 bits per heavy atom. The number of carbonyl (C=O) groups is 2. The van der Waals surface area contributed by atoms with Gasteiger partial charge in [-0.05, 0) is 5.92 Å². The highest BCUT2D eigenvalue weighted by Crippen LogP contribution is 2.48. The average Bonchev–Trinajstić information content (AvgIpc) is 2.76. The number of hydrogen-bond donors (Lipinski definition) is 3. The van der Waals surface area contributed by atoms with E-state index >= 15 is 0 Å². The van der Waals surface area contributed by atoms with Crippen LogP contribution in [-0.2, 0) is 9.59 Å². The molecular weight excluding hydrogens is 174 g/mol. The maximum Gasteiger partial charge on any atom is 0.320 e. The van der Waals surface area contributed by atoms with Crippen LogP contribution in [0.1, 0.15) is 0 Å². The van der Waals surface area contributed by atoms with Gasteiger partial charge in [0.25, 0.3) is 0 Å². The van der Waals surface area contributed by atoms with Crippen LogP contribution < -0.4 is 5.73 Å². The summed E-state index contributed by atoms with van der Waals surface area (Å²) in [6.07, 6.45) is 1.45. The zero-order valence-electron chi connectivity index (χ0n) is 6.88. The average molecular weight is 185 g/mol. The van der Waals surface area contributed by atoms with Gasteiger partial charge in [0.05, 0.1) is 5.92 Å². The molecule has 0 saturated heterocycles. The summed E-state index contributed by atoms with van der Waals surface area (Å²) in [5.41, 5.74) is 5.31. The summed E-state index contributed by atoms with van der Waals surface area (Å²) >= 11 is 0. The maximum absolute atomic E-state index is 10.6. The molecule has 0 amide bonds. The molecule has 13 heavy (non-hydrogen) atoms. The summed E-state index contributed by atoms with van der Waals surface area (Å²) < 4.78 is 0. The van der Waals surface area contributed by atoms with E-state index in [9.17, 15) is 9.59 Å². The second-order valence-corrected chi connectivity index (χ2v) is 3.12. The van der Waals surface area contributed by atoms with Crippen LogP contribution in [-0.4, -0.2) is 28.2 Å². The van der Waals surface area contributed by atoms with E-state index in [-0.39, 0.29) is 5.92 Å². The Morgan fingerprint density at radius 2 is 2.00 bits per heavy atom. The fourth-order valence-corrected chi connectivity index (χ4v) is 1.62. The summed E-state index contributed by atoms with van der Waals surface area (Å²) in [5, 5.41) is 17.2. The highest BCUT2D eigenvalue weighted by molar-refractivity contribution is 5.80. The molecule has 1 aliphatic rings. The zero-order chi connectivity index (χ0) is 10.2. The van der Waals surface area contributed by atoms with Crippen molar-refractivity contribution in [2.24, 2.45) is 23.5 Å². The number of nitrogens with two attached hydrogens (primary N) is 1. The largest absolute Gasteiger partial charge is 0.481 e. The highest BCUT2D eigenvalue weighted by atomic mass is 16.4. The number of hydrogen-bond acceptors (Lipinski definition) is 3. The van der Waals surface area contributed by atoms with Gasteiger partial charge in [-0.2, -0.15) is 0 Å². The second kappa shape index (κ2) is 3.18. The minimum absolute atomic E-state index is 0.302. The molecule has 0 bridgehead atoms. The van der Waals surface area contributed by atoms with E-state index in [1.165, 1.54) is 6.08 Å². The fraction of sp³-hybridized carbons (Fsp3) is 0.500. The molecule has 0 aliphatic heterocycles. The van der Waals surface area contributed by atoms with Gasteiger partial charge in [0.2, 0.25) is 0 Å². The Bertz CT molecular complexity index is 263. The number of allylic oxidation sites excluding steroid dienone is 1. The second-order valence-electron chi connectivity index (χ2n) is 3.12. The van der Waals surface area contributed by atoms with Crippen LogP contribution in [0.5, 0.6) is 0 Å². The van der Waals surface area contributed by atoms with Gasteiger partial charge in [-0.15, -0.1) is 6.58 Å². The van der Waals surface area contributed by atoms with Crippen molar-refractivity contribution in [1.29, 1.82) is 0 Å². The van der Waals surface area contributed by atoms with Crippen LogP contribution in [0.4, 0.5) is 0 Å². The number of carboxylic acid groups (broad SMARTS) is 2. The van der Waals surface area contributed by atoms with Crippen LogP contribution in [0.3, 0.4) is 0 Å². The molecule has 0 aromatic heterocycles. The Kier molecular flexibility index (Phi) is 2.38. The van der Waals surface area contributed by atoms with E-state index < -0.39 is 29.8 Å². The lowest BCUT2D eigenvalue weighted by molar-refractivity contribution is -0.140. The Balaban J connectivity index is 2.68. The van der Waals surface area contributed by atoms with E-state index in [0.717, 1.165) is 0 Å². The van der Waals surface area contributed by atoms with Gasteiger partial charge >= 0.3 is 11.9 Å². The zero-order valence-corrected chi connectivity index (χ0v) is 6.88. The van der Waals surface area contributed by atoms with Gasteiger partial charge in [0.1, 0.15) is 6.04 Å². The van der Waals surface area contributed by atoms with Gasteiger partial charge in [0.15, 0.2) is 0 Å². The Hall–Kier alpha value is -1.36. The summed E-state index contributed by atoms with van der Waals surface area (Å²) in [4.78, 5) is 21.0. The lowest BCUT2D eigenvalue weighted by atomic mass is 10.1. The van der Waals surface area contributed by atoms with E-state index in [2.05, 4.69) is 6.58 Å². The highest BCUT2D eigenvalue weighted by Gasteiger charge is 2.57. The molecule has 1 aliphatic carbocycles. The molecule has 0 radical (unpaired) electrons. The van der Waals surface area contributed by atoms with Gasteiger partial charge in [-0.1, -0.05) is 6.08 Å². The monoisotopic (exact) mass is 185 g/mol. The Morgan fingerprint density at radius 3 is 2.23 bits per heavy atom. The molecule has 5 nitrogen and oxygen atoms in total. The van der Waals surface area contributed by atoms with Crippen molar-refractivity contribution >= 4 is 11.9 Å². The summed E-state index contributed by atoms with van der Waals surface area (Å²) in [7, 11) is 0. The topological polar surface area (TPSA) is 101 Å². The van der Waals surface area contributed by atoms with Crippen molar-refractivity contribution in [2.45, 2.75) is 6.04 Å².